The Balaban J connectivity index is 1.79. The highest BCUT2D eigenvalue weighted by Crippen LogP contribution is 2.35. The Labute approximate surface area is 188 Å². The van der Waals surface area contributed by atoms with E-state index in [9.17, 15) is 20.3 Å². The molecule has 0 fully saturated rings. The molecule has 0 saturated carbocycles. The lowest BCUT2D eigenvalue weighted by Crippen LogP contribution is -2.34. The molecule has 168 valence electrons. The Kier molecular flexibility index (Phi) is 5.78. The molecule has 1 amide bonds. The lowest BCUT2D eigenvalue weighted by atomic mass is 10.1. The SMILES string of the molecule is COc1ccc(C#N)cc1-c1nn(CC(C)(O)CO)cc1NC(=O)c1cnn2cccnc12. The van der Waals surface area contributed by atoms with E-state index < -0.39 is 18.1 Å². The summed E-state index contributed by atoms with van der Waals surface area (Å²) in [5.41, 5.74) is 0.715. The zero-order chi connectivity index (χ0) is 23.6. The maximum atomic E-state index is 13.1. The Morgan fingerprint density at radius 2 is 2.21 bits per heavy atom. The zero-order valence-electron chi connectivity index (χ0n) is 17.9. The molecule has 0 aliphatic heterocycles. The standard InChI is InChI=1S/C22H21N7O4/c1-22(32,13-30)12-28-11-17(19(27-28)15-8-14(9-23)4-5-18(15)33-2)26-21(31)16-10-25-29-7-3-6-24-20(16)29/h3-8,10-11,30,32H,12-13H2,1-2H3,(H,26,31). The van der Waals surface area contributed by atoms with Crippen LogP contribution in [0.3, 0.4) is 0 Å². The number of ether oxygens (including phenoxy) is 1. The number of hydrogen-bond acceptors (Lipinski definition) is 8. The number of nitrogens with one attached hydrogen (secondary N) is 1. The van der Waals surface area contributed by atoms with E-state index >= 15 is 0 Å². The summed E-state index contributed by atoms with van der Waals surface area (Å²) in [5.74, 6) is -0.0184. The molecule has 0 saturated heterocycles. The number of nitriles is 1. The molecule has 3 N–H and O–H groups in total. The van der Waals surface area contributed by atoms with Gasteiger partial charge in [-0.25, -0.2) is 9.50 Å². The van der Waals surface area contributed by atoms with Crippen LogP contribution in [0.5, 0.6) is 5.75 Å². The Bertz CT molecular complexity index is 1370. The van der Waals surface area contributed by atoms with Crippen LogP contribution in [-0.4, -0.2) is 59.8 Å². The van der Waals surface area contributed by atoms with E-state index in [0.29, 0.717) is 33.9 Å². The molecule has 3 heterocycles. The van der Waals surface area contributed by atoms with Gasteiger partial charge in [0.15, 0.2) is 5.65 Å². The van der Waals surface area contributed by atoms with E-state index in [4.69, 9.17) is 4.74 Å². The predicted octanol–water partition coefficient (Wildman–Crippen LogP) is 1.47. The number of aliphatic hydroxyl groups excluding tert-OH is 1. The third-order valence-electron chi connectivity index (χ3n) is 4.96. The monoisotopic (exact) mass is 447 g/mol. The van der Waals surface area contributed by atoms with Gasteiger partial charge in [0, 0.05) is 24.2 Å². The van der Waals surface area contributed by atoms with Crippen molar-refractivity contribution in [2.24, 2.45) is 0 Å². The van der Waals surface area contributed by atoms with Crippen LogP contribution >= 0.6 is 0 Å². The molecule has 3 aromatic heterocycles. The normalized spacial score (nSPS) is 12.8. The zero-order valence-corrected chi connectivity index (χ0v) is 17.9. The molecule has 1 atom stereocenters. The number of nitrogens with zero attached hydrogens (tertiary/aromatic N) is 6. The molecule has 4 aromatic rings. The topological polar surface area (TPSA) is 151 Å². The number of carbonyl (C=O) groups is 1. The maximum absolute atomic E-state index is 13.1. The van der Waals surface area contributed by atoms with Crippen LogP contribution in [0.15, 0.2) is 49.1 Å². The number of carbonyl (C=O) groups excluding carboxylic acids is 1. The van der Waals surface area contributed by atoms with Gasteiger partial charge in [-0.15, -0.1) is 0 Å². The van der Waals surface area contributed by atoms with E-state index in [1.54, 1.807) is 36.7 Å². The fourth-order valence-electron chi connectivity index (χ4n) is 3.33. The van der Waals surface area contributed by atoms with Gasteiger partial charge in [-0.05, 0) is 31.2 Å². The van der Waals surface area contributed by atoms with Gasteiger partial charge in [-0.2, -0.15) is 15.5 Å². The number of aliphatic hydroxyl groups is 2. The highest BCUT2D eigenvalue weighted by atomic mass is 16.5. The van der Waals surface area contributed by atoms with E-state index in [0.717, 1.165) is 0 Å². The fraction of sp³-hybridized carbons (Fsp3) is 0.227. The van der Waals surface area contributed by atoms with Gasteiger partial charge >= 0.3 is 0 Å². The van der Waals surface area contributed by atoms with E-state index in [1.807, 2.05) is 0 Å². The van der Waals surface area contributed by atoms with Crippen molar-refractivity contribution in [1.82, 2.24) is 24.4 Å². The molecule has 33 heavy (non-hydrogen) atoms. The molecule has 0 bridgehead atoms. The number of anilines is 1. The van der Waals surface area contributed by atoms with Gasteiger partial charge in [0.2, 0.25) is 0 Å². The number of benzene rings is 1. The first-order valence-corrected chi connectivity index (χ1v) is 9.94. The van der Waals surface area contributed by atoms with Gasteiger partial charge in [-0.1, -0.05) is 0 Å². The molecule has 4 rings (SSSR count). The second kappa shape index (κ2) is 8.70. The van der Waals surface area contributed by atoms with Crippen LogP contribution < -0.4 is 10.1 Å². The Morgan fingerprint density at radius 3 is 2.94 bits per heavy atom. The first-order valence-electron chi connectivity index (χ1n) is 9.94. The molecule has 11 nitrogen and oxygen atoms in total. The molecular formula is C22H21N7O4. The molecule has 0 aliphatic carbocycles. The summed E-state index contributed by atoms with van der Waals surface area (Å²) in [4.78, 5) is 17.3. The number of methoxy groups -OCH3 is 1. The van der Waals surface area contributed by atoms with Crippen LogP contribution in [0.2, 0.25) is 0 Å². The average molecular weight is 447 g/mol. The van der Waals surface area contributed by atoms with E-state index in [1.165, 1.54) is 35.6 Å². The number of hydrogen-bond donors (Lipinski definition) is 3. The molecule has 0 aliphatic rings. The van der Waals surface area contributed by atoms with Gasteiger partial charge in [0.25, 0.3) is 5.91 Å². The van der Waals surface area contributed by atoms with Crippen LogP contribution in [-0.2, 0) is 6.54 Å². The van der Waals surface area contributed by atoms with Crippen molar-refractivity contribution in [2.75, 3.05) is 19.0 Å². The summed E-state index contributed by atoms with van der Waals surface area (Å²) in [6.07, 6.45) is 6.19. The Morgan fingerprint density at radius 1 is 1.39 bits per heavy atom. The second-order valence-corrected chi connectivity index (χ2v) is 7.67. The Hall–Kier alpha value is -4.27. The van der Waals surface area contributed by atoms with Crippen LogP contribution in [0.25, 0.3) is 16.9 Å². The molecule has 1 aromatic carbocycles. The van der Waals surface area contributed by atoms with Crippen molar-refractivity contribution in [1.29, 1.82) is 5.26 Å². The summed E-state index contributed by atoms with van der Waals surface area (Å²) in [7, 11) is 1.49. The smallest absolute Gasteiger partial charge is 0.261 e. The second-order valence-electron chi connectivity index (χ2n) is 7.67. The molecular weight excluding hydrogens is 426 g/mol. The fourth-order valence-corrected chi connectivity index (χ4v) is 3.33. The summed E-state index contributed by atoms with van der Waals surface area (Å²) in [6.45, 7) is 0.949. The predicted molar refractivity (Wildman–Crippen MR) is 118 cm³/mol. The summed E-state index contributed by atoms with van der Waals surface area (Å²) in [5, 5.41) is 40.5. The largest absolute Gasteiger partial charge is 0.496 e. The lowest BCUT2D eigenvalue weighted by molar-refractivity contribution is -0.0144. The third kappa shape index (κ3) is 4.38. The van der Waals surface area contributed by atoms with E-state index in [2.05, 4.69) is 26.6 Å². The summed E-state index contributed by atoms with van der Waals surface area (Å²) < 4.78 is 8.33. The van der Waals surface area contributed by atoms with Crippen LogP contribution in [0.4, 0.5) is 5.69 Å². The minimum Gasteiger partial charge on any atom is -0.496 e. The molecule has 0 radical (unpaired) electrons. The highest BCUT2D eigenvalue weighted by molar-refractivity contribution is 6.09. The van der Waals surface area contributed by atoms with Crippen molar-refractivity contribution in [3.63, 3.8) is 0 Å². The minimum atomic E-state index is -1.44. The van der Waals surface area contributed by atoms with Crippen LogP contribution in [0, 0.1) is 11.3 Å². The number of rotatable bonds is 7. The molecule has 0 spiro atoms. The molecule has 1 unspecified atom stereocenters. The summed E-state index contributed by atoms with van der Waals surface area (Å²) in [6, 6.07) is 8.62. The van der Waals surface area contributed by atoms with Gasteiger partial charge in [-0.3, -0.25) is 9.48 Å². The van der Waals surface area contributed by atoms with E-state index in [-0.39, 0.29) is 12.1 Å². The van der Waals surface area contributed by atoms with Gasteiger partial charge < -0.3 is 20.3 Å². The number of amides is 1. The van der Waals surface area contributed by atoms with Gasteiger partial charge in [0.1, 0.15) is 22.6 Å². The quantitative estimate of drug-likeness (QED) is 0.385. The van der Waals surface area contributed by atoms with Crippen molar-refractivity contribution in [3.05, 3.63) is 60.2 Å². The van der Waals surface area contributed by atoms with Crippen LogP contribution in [0.1, 0.15) is 22.8 Å². The first-order chi connectivity index (χ1) is 15.8. The highest BCUT2D eigenvalue weighted by Gasteiger charge is 2.24. The number of fused-ring (bicyclic) bond motifs is 1. The molecule has 11 heteroatoms. The van der Waals surface area contributed by atoms with Crippen molar-refractivity contribution in [2.45, 2.75) is 19.1 Å². The number of aromatic nitrogens is 5. The van der Waals surface area contributed by atoms with Gasteiger partial charge in [0.05, 0.1) is 43.8 Å². The minimum absolute atomic E-state index is 0.0368. The average Bonchev–Trinajstić information content (AvgIpc) is 3.42. The lowest BCUT2D eigenvalue weighted by Gasteiger charge is -2.19. The first kappa shape index (κ1) is 21.9. The van der Waals surface area contributed by atoms with Crippen molar-refractivity contribution >= 4 is 17.2 Å². The van der Waals surface area contributed by atoms with Crippen molar-refractivity contribution in [3.8, 4) is 23.1 Å². The third-order valence-corrected chi connectivity index (χ3v) is 4.96. The maximum Gasteiger partial charge on any atom is 0.261 e. The van der Waals surface area contributed by atoms with Crippen molar-refractivity contribution < 1.29 is 19.7 Å². The summed E-state index contributed by atoms with van der Waals surface area (Å²) >= 11 is 0.